The van der Waals surface area contributed by atoms with Gasteiger partial charge in [0.2, 0.25) is 0 Å². The minimum atomic E-state index is 0.0717. The molecule has 0 bridgehead atoms. The first-order valence-electron chi connectivity index (χ1n) is 5.97. The highest BCUT2D eigenvalue weighted by molar-refractivity contribution is 6.13. The highest BCUT2D eigenvalue weighted by atomic mass is 16.2. The zero-order valence-corrected chi connectivity index (χ0v) is 10.8. The Balaban J connectivity index is 2.41. The molecule has 0 atom stereocenters. The lowest BCUT2D eigenvalue weighted by Crippen LogP contribution is -2.20. The zero-order chi connectivity index (χ0) is 12.6. The summed E-state index contributed by atoms with van der Waals surface area (Å²) in [4.78, 5) is 12.0. The zero-order valence-electron chi connectivity index (χ0n) is 10.8. The van der Waals surface area contributed by atoms with Crippen LogP contribution in [-0.2, 0) is 4.79 Å². The number of amides is 1. The third-order valence-corrected chi connectivity index (χ3v) is 3.27. The summed E-state index contributed by atoms with van der Waals surface area (Å²) in [6.07, 6.45) is 0.449. The van der Waals surface area contributed by atoms with Crippen molar-refractivity contribution >= 4 is 17.3 Å². The van der Waals surface area contributed by atoms with Crippen molar-refractivity contribution in [2.75, 3.05) is 5.01 Å². The largest absolute Gasteiger partial charge is 0.272 e. The van der Waals surface area contributed by atoms with Gasteiger partial charge in [0.1, 0.15) is 0 Å². The monoisotopic (exact) mass is 230 g/mol. The minimum absolute atomic E-state index is 0.0717. The lowest BCUT2D eigenvalue weighted by molar-refractivity contribution is -0.116. The predicted molar refractivity (Wildman–Crippen MR) is 70.3 cm³/mol. The lowest BCUT2D eigenvalue weighted by Gasteiger charge is -2.15. The van der Waals surface area contributed by atoms with Gasteiger partial charge in [-0.1, -0.05) is 26.0 Å². The Hall–Kier alpha value is -1.64. The molecule has 0 aliphatic carbocycles. The van der Waals surface area contributed by atoms with Gasteiger partial charge in [-0.25, -0.2) is 5.01 Å². The van der Waals surface area contributed by atoms with E-state index < -0.39 is 0 Å². The summed E-state index contributed by atoms with van der Waals surface area (Å²) in [5, 5.41) is 5.99. The third-order valence-electron chi connectivity index (χ3n) is 3.27. The predicted octanol–water partition coefficient (Wildman–Crippen LogP) is 3.05. The van der Waals surface area contributed by atoms with Gasteiger partial charge in [-0.3, -0.25) is 4.79 Å². The van der Waals surface area contributed by atoms with Gasteiger partial charge >= 0.3 is 0 Å². The van der Waals surface area contributed by atoms with E-state index in [2.05, 4.69) is 18.9 Å². The molecule has 0 radical (unpaired) electrons. The van der Waals surface area contributed by atoms with E-state index in [1.807, 2.05) is 32.0 Å². The molecule has 1 aliphatic rings. The van der Waals surface area contributed by atoms with Crippen LogP contribution >= 0.6 is 0 Å². The van der Waals surface area contributed by atoms with Crippen LogP contribution in [0.25, 0.3) is 0 Å². The number of hydrogen-bond donors (Lipinski definition) is 0. The van der Waals surface area contributed by atoms with Crippen LogP contribution in [0.2, 0.25) is 0 Å². The molecule has 0 saturated carbocycles. The number of rotatable bonds is 2. The van der Waals surface area contributed by atoms with Crippen LogP contribution in [0.4, 0.5) is 5.69 Å². The summed E-state index contributed by atoms with van der Waals surface area (Å²) in [6.45, 7) is 8.21. The topological polar surface area (TPSA) is 32.7 Å². The molecule has 90 valence electrons. The number of nitrogens with zero attached hydrogens (tertiary/aromatic N) is 2. The molecule has 3 heteroatoms. The molecule has 1 aromatic carbocycles. The Morgan fingerprint density at radius 3 is 2.59 bits per heavy atom. The maximum atomic E-state index is 12.0. The second-order valence-electron chi connectivity index (χ2n) is 4.85. The Morgan fingerprint density at radius 2 is 2.00 bits per heavy atom. The first-order valence-corrected chi connectivity index (χ1v) is 5.97. The van der Waals surface area contributed by atoms with Gasteiger partial charge in [-0.05, 0) is 37.0 Å². The number of hydrazone groups is 1. The normalized spacial score (nSPS) is 15.7. The molecule has 0 aromatic heterocycles. The fourth-order valence-corrected chi connectivity index (χ4v) is 1.92. The second kappa shape index (κ2) is 4.32. The molecular formula is C14H18N2O. The molecule has 1 amide bonds. The average Bonchev–Trinajstić information content (AvgIpc) is 2.65. The average molecular weight is 230 g/mol. The van der Waals surface area contributed by atoms with Crippen molar-refractivity contribution < 1.29 is 4.79 Å². The molecule has 1 aromatic rings. The molecule has 0 unspecified atom stereocenters. The van der Waals surface area contributed by atoms with Gasteiger partial charge in [0.15, 0.2) is 0 Å². The van der Waals surface area contributed by atoms with Crippen LogP contribution in [0.15, 0.2) is 23.3 Å². The summed E-state index contributed by atoms with van der Waals surface area (Å²) < 4.78 is 0. The molecule has 1 aliphatic heterocycles. The fourth-order valence-electron chi connectivity index (χ4n) is 1.92. The molecule has 0 fully saturated rings. The standard InChI is InChI=1S/C14H18N2O/c1-9(2)12-8-14(17)16(15-12)13-7-5-6-10(3)11(13)4/h5-7,9H,8H2,1-4H3. The quantitative estimate of drug-likeness (QED) is 0.768. The molecule has 0 saturated heterocycles. The Kier molecular flexibility index (Phi) is 3.01. The minimum Gasteiger partial charge on any atom is -0.272 e. The molecule has 3 nitrogen and oxygen atoms in total. The van der Waals surface area contributed by atoms with Crippen molar-refractivity contribution in [1.29, 1.82) is 0 Å². The van der Waals surface area contributed by atoms with Crippen LogP contribution in [-0.4, -0.2) is 11.6 Å². The summed E-state index contributed by atoms with van der Waals surface area (Å²) >= 11 is 0. The van der Waals surface area contributed by atoms with E-state index in [1.165, 1.54) is 5.56 Å². The molecular weight excluding hydrogens is 212 g/mol. The molecule has 17 heavy (non-hydrogen) atoms. The van der Waals surface area contributed by atoms with Gasteiger partial charge in [-0.2, -0.15) is 5.10 Å². The van der Waals surface area contributed by atoms with Gasteiger partial charge in [0, 0.05) is 0 Å². The van der Waals surface area contributed by atoms with Crippen LogP contribution in [0.1, 0.15) is 31.4 Å². The van der Waals surface area contributed by atoms with Gasteiger partial charge in [0.05, 0.1) is 17.8 Å². The van der Waals surface area contributed by atoms with Crippen LogP contribution < -0.4 is 5.01 Å². The van der Waals surface area contributed by atoms with Crippen molar-refractivity contribution in [2.45, 2.75) is 34.1 Å². The van der Waals surface area contributed by atoms with Gasteiger partial charge in [0.25, 0.3) is 5.91 Å². The summed E-state index contributed by atoms with van der Waals surface area (Å²) in [5.74, 6) is 0.400. The molecule has 2 rings (SSSR count). The molecule has 0 spiro atoms. The van der Waals surface area contributed by atoms with E-state index in [1.54, 1.807) is 5.01 Å². The van der Waals surface area contributed by atoms with E-state index in [9.17, 15) is 4.79 Å². The van der Waals surface area contributed by atoms with Crippen molar-refractivity contribution in [2.24, 2.45) is 11.0 Å². The van der Waals surface area contributed by atoms with E-state index in [4.69, 9.17) is 0 Å². The van der Waals surface area contributed by atoms with Crippen molar-refractivity contribution in [3.05, 3.63) is 29.3 Å². The number of anilines is 1. The van der Waals surface area contributed by atoms with Crippen molar-refractivity contribution in [3.8, 4) is 0 Å². The van der Waals surface area contributed by atoms with Crippen molar-refractivity contribution in [1.82, 2.24) is 0 Å². The number of aryl methyl sites for hydroxylation is 1. The first-order chi connectivity index (χ1) is 8.00. The lowest BCUT2D eigenvalue weighted by atomic mass is 10.1. The molecule has 1 heterocycles. The van der Waals surface area contributed by atoms with E-state index in [0.29, 0.717) is 12.3 Å². The van der Waals surface area contributed by atoms with E-state index in [-0.39, 0.29) is 5.91 Å². The van der Waals surface area contributed by atoms with Gasteiger partial charge < -0.3 is 0 Å². The number of carbonyl (C=O) groups is 1. The smallest absolute Gasteiger partial charge is 0.253 e. The number of carbonyl (C=O) groups excluding carboxylic acids is 1. The van der Waals surface area contributed by atoms with E-state index >= 15 is 0 Å². The first kappa shape index (κ1) is 11.8. The maximum Gasteiger partial charge on any atom is 0.253 e. The molecule has 0 N–H and O–H groups in total. The maximum absolute atomic E-state index is 12.0. The Bertz CT molecular complexity index is 489. The van der Waals surface area contributed by atoms with Gasteiger partial charge in [-0.15, -0.1) is 0 Å². The highest BCUT2D eigenvalue weighted by Gasteiger charge is 2.27. The summed E-state index contributed by atoms with van der Waals surface area (Å²) in [5.41, 5.74) is 4.18. The van der Waals surface area contributed by atoms with Crippen LogP contribution in [0.5, 0.6) is 0 Å². The summed E-state index contributed by atoms with van der Waals surface area (Å²) in [6, 6.07) is 5.97. The summed E-state index contributed by atoms with van der Waals surface area (Å²) in [7, 11) is 0. The highest BCUT2D eigenvalue weighted by Crippen LogP contribution is 2.27. The fraction of sp³-hybridized carbons (Fsp3) is 0.429. The second-order valence-corrected chi connectivity index (χ2v) is 4.85. The number of hydrogen-bond acceptors (Lipinski definition) is 2. The van der Waals surface area contributed by atoms with E-state index in [0.717, 1.165) is 17.0 Å². The Morgan fingerprint density at radius 1 is 1.29 bits per heavy atom. The van der Waals surface area contributed by atoms with Crippen molar-refractivity contribution in [3.63, 3.8) is 0 Å². The third kappa shape index (κ3) is 2.09. The Labute approximate surface area is 102 Å². The number of benzene rings is 1. The van der Waals surface area contributed by atoms with Crippen LogP contribution in [0.3, 0.4) is 0 Å². The van der Waals surface area contributed by atoms with Crippen LogP contribution in [0, 0.1) is 19.8 Å². The SMILES string of the molecule is Cc1cccc(N2N=C(C(C)C)CC2=O)c1C.